The first kappa shape index (κ1) is 14.5. The Kier molecular flexibility index (Phi) is 5.36. The predicted molar refractivity (Wildman–Crippen MR) is 83.0 cm³/mol. The molecule has 0 radical (unpaired) electrons. The zero-order valence-corrected chi connectivity index (χ0v) is 13.1. The van der Waals surface area contributed by atoms with Crippen molar-refractivity contribution in [3.63, 3.8) is 0 Å². The third-order valence-corrected chi connectivity index (χ3v) is 4.65. The van der Waals surface area contributed by atoms with Gasteiger partial charge in [-0.25, -0.2) is 4.98 Å². The molecule has 2 unspecified atom stereocenters. The number of nitrogens with two attached hydrogens (primary N) is 1. The van der Waals surface area contributed by atoms with E-state index >= 15 is 0 Å². The van der Waals surface area contributed by atoms with Crippen LogP contribution in [-0.2, 0) is 0 Å². The Morgan fingerprint density at radius 1 is 1.32 bits per heavy atom. The van der Waals surface area contributed by atoms with Crippen molar-refractivity contribution in [2.75, 3.05) is 0 Å². The van der Waals surface area contributed by atoms with Crippen LogP contribution in [0.25, 0.3) is 0 Å². The monoisotopic (exact) mass is 337 g/mol. The van der Waals surface area contributed by atoms with E-state index in [1.54, 1.807) is 24.2 Å². The lowest BCUT2D eigenvalue weighted by atomic mass is 10.1. The fraction of sp³-hybridized carbons (Fsp3) is 0.286. The van der Waals surface area contributed by atoms with Crippen molar-refractivity contribution in [3.8, 4) is 0 Å². The van der Waals surface area contributed by atoms with Crippen molar-refractivity contribution < 1.29 is 0 Å². The molecule has 0 aliphatic carbocycles. The fourth-order valence-corrected chi connectivity index (χ4v) is 3.12. The normalized spacial score (nSPS) is 14.1. The highest BCUT2D eigenvalue weighted by molar-refractivity contribution is 9.10. The minimum Gasteiger partial charge on any atom is -0.326 e. The molecule has 2 N–H and O–H groups in total. The summed E-state index contributed by atoms with van der Waals surface area (Å²) in [6.45, 7) is 2.10. The molecule has 0 aliphatic heterocycles. The van der Waals surface area contributed by atoms with E-state index in [4.69, 9.17) is 5.73 Å². The van der Waals surface area contributed by atoms with Crippen molar-refractivity contribution >= 4 is 27.7 Å². The first-order chi connectivity index (χ1) is 9.20. The highest BCUT2D eigenvalue weighted by Crippen LogP contribution is 2.36. The van der Waals surface area contributed by atoms with Crippen LogP contribution in [0, 0.1) is 0 Å². The average molecular weight is 338 g/mol. The largest absolute Gasteiger partial charge is 0.326 e. The summed E-state index contributed by atoms with van der Waals surface area (Å²) in [5.74, 6) is 0. The second kappa shape index (κ2) is 7.03. The summed E-state index contributed by atoms with van der Waals surface area (Å²) in [7, 11) is 0. The Bertz CT molecular complexity index is 504. The van der Waals surface area contributed by atoms with E-state index in [1.807, 2.05) is 24.4 Å². The van der Waals surface area contributed by atoms with E-state index in [0.29, 0.717) is 0 Å². The number of halogens is 1. The van der Waals surface area contributed by atoms with Crippen molar-refractivity contribution in [3.05, 3.63) is 52.9 Å². The summed E-state index contributed by atoms with van der Waals surface area (Å²) >= 11 is 5.08. The lowest BCUT2D eigenvalue weighted by Crippen LogP contribution is -2.25. The summed E-state index contributed by atoms with van der Waals surface area (Å²) in [5, 5.41) is 1.15. The molecule has 0 aliphatic rings. The fourth-order valence-electron chi connectivity index (χ4n) is 1.72. The summed E-state index contributed by atoms with van der Waals surface area (Å²) in [4.78, 5) is 8.58. The molecule has 2 aromatic rings. The summed E-state index contributed by atoms with van der Waals surface area (Å²) in [5.41, 5.74) is 7.39. The molecule has 5 heteroatoms. The lowest BCUT2D eigenvalue weighted by Gasteiger charge is -2.22. The Balaban J connectivity index is 2.21. The third-order valence-electron chi connectivity index (χ3n) is 2.82. The average Bonchev–Trinajstić information content (AvgIpc) is 2.47. The predicted octanol–water partition coefficient (Wildman–Crippen LogP) is 3.81. The molecule has 2 rings (SSSR count). The molecule has 2 heterocycles. The summed E-state index contributed by atoms with van der Waals surface area (Å²) in [6, 6.07) is 8.09. The van der Waals surface area contributed by atoms with Crippen LogP contribution in [-0.4, -0.2) is 16.0 Å². The van der Waals surface area contributed by atoms with Crippen molar-refractivity contribution in [1.29, 1.82) is 0 Å². The van der Waals surface area contributed by atoms with Crippen LogP contribution in [0.15, 0.2) is 52.4 Å². The number of hydrogen-bond donors (Lipinski definition) is 1. The Hall–Kier alpha value is -0.910. The quantitative estimate of drug-likeness (QED) is 0.843. The molecule has 0 bridgehead atoms. The summed E-state index contributed by atoms with van der Waals surface area (Å²) < 4.78 is 0.981. The van der Waals surface area contributed by atoms with E-state index in [9.17, 15) is 0 Å². The van der Waals surface area contributed by atoms with Crippen LogP contribution < -0.4 is 5.73 Å². The maximum absolute atomic E-state index is 6.24. The highest BCUT2D eigenvalue weighted by atomic mass is 79.9. The maximum Gasteiger partial charge on any atom is 0.0967 e. The van der Waals surface area contributed by atoms with E-state index < -0.39 is 0 Å². The summed E-state index contributed by atoms with van der Waals surface area (Å²) in [6.07, 6.45) is 6.38. The maximum atomic E-state index is 6.24. The van der Waals surface area contributed by atoms with E-state index in [-0.39, 0.29) is 11.3 Å². The van der Waals surface area contributed by atoms with E-state index in [1.165, 1.54) is 0 Å². The molecule has 19 heavy (non-hydrogen) atoms. The van der Waals surface area contributed by atoms with Gasteiger partial charge in [-0.2, -0.15) is 0 Å². The zero-order chi connectivity index (χ0) is 13.7. The number of thioether (sulfide) groups is 1. The Morgan fingerprint density at radius 2 is 2.16 bits per heavy atom. The first-order valence-corrected chi connectivity index (χ1v) is 7.81. The van der Waals surface area contributed by atoms with Gasteiger partial charge in [0.25, 0.3) is 0 Å². The Labute approximate surface area is 126 Å². The minimum atomic E-state index is 0.0830. The molecule has 0 saturated carbocycles. The van der Waals surface area contributed by atoms with Gasteiger partial charge in [-0.3, -0.25) is 4.98 Å². The van der Waals surface area contributed by atoms with Gasteiger partial charge in [0.2, 0.25) is 0 Å². The second-order valence-electron chi connectivity index (χ2n) is 4.21. The zero-order valence-electron chi connectivity index (χ0n) is 10.7. The van der Waals surface area contributed by atoms with Crippen molar-refractivity contribution in [2.45, 2.75) is 29.7 Å². The lowest BCUT2D eigenvalue weighted by molar-refractivity contribution is 0.632. The molecule has 100 valence electrons. The molecule has 0 saturated heterocycles. The van der Waals surface area contributed by atoms with Crippen LogP contribution in [0.1, 0.15) is 24.2 Å². The van der Waals surface area contributed by atoms with Crippen molar-refractivity contribution in [2.24, 2.45) is 5.73 Å². The van der Waals surface area contributed by atoms with E-state index in [0.717, 1.165) is 21.5 Å². The molecule has 0 spiro atoms. The molecule has 0 aromatic carbocycles. The van der Waals surface area contributed by atoms with Crippen LogP contribution >= 0.6 is 27.7 Å². The van der Waals surface area contributed by atoms with E-state index in [2.05, 4.69) is 38.9 Å². The SMILES string of the molecule is CCC(N)C(Sc1ccc(Br)cn1)c1cccnc1. The number of nitrogens with zero attached hydrogens (tertiary/aromatic N) is 2. The van der Waals surface area contributed by atoms with Crippen LogP contribution in [0.2, 0.25) is 0 Å². The third kappa shape index (κ3) is 4.03. The van der Waals surface area contributed by atoms with Gasteiger partial charge in [-0.1, -0.05) is 24.8 Å². The van der Waals surface area contributed by atoms with Crippen LogP contribution in [0.5, 0.6) is 0 Å². The van der Waals surface area contributed by atoms with Crippen LogP contribution in [0.3, 0.4) is 0 Å². The van der Waals surface area contributed by atoms with Gasteiger partial charge in [-0.15, -0.1) is 0 Å². The van der Waals surface area contributed by atoms with Gasteiger partial charge in [0.15, 0.2) is 0 Å². The molecular weight excluding hydrogens is 322 g/mol. The number of pyridine rings is 2. The minimum absolute atomic E-state index is 0.0830. The molecular formula is C14H16BrN3S. The topological polar surface area (TPSA) is 51.8 Å². The van der Waals surface area contributed by atoms with Gasteiger partial charge in [-0.05, 0) is 46.1 Å². The Morgan fingerprint density at radius 3 is 2.74 bits per heavy atom. The molecule has 3 nitrogen and oxygen atoms in total. The number of hydrogen-bond acceptors (Lipinski definition) is 4. The van der Waals surface area contributed by atoms with Gasteiger partial charge in [0.05, 0.1) is 10.3 Å². The highest BCUT2D eigenvalue weighted by Gasteiger charge is 2.20. The van der Waals surface area contributed by atoms with Gasteiger partial charge in [0, 0.05) is 29.1 Å². The second-order valence-corrected chi connectivity index (χ2v) is 6.29. The van der Waals surface area contributed by atoms with Gasteiger partial charge >= 0.3 is 0 Å². The van der Waals surface area contributed by atoms with Gasteiger partial charge < -0.3 is 5.73 Å². The molecule has 2 aromatic heterocycles. The van der Waals surface area contributed by atoms with Crippen LogP contribution in [0.4, 0.5) is 0 Å². The molecule has 2 atom stereocenters. The first-order valence-electron chi connectivity index (χ1n) is 6.14. The molecule has 0 amide bonds. The molecule has 0 fully saturated rings. The van der Waals surface area contributed by atoms with Crippen molar-refractivity contribution in [1.82, 2.24) is 9.97 Å². The number of rotatable bonds is 5. The standard InChI is InChI=1S/C14H16BrN3S/c1-2-12(16)14(10-4-3-7-17-8-10)19-13-6-5-11(15)9-18-13/h3-9,12,14H,2,16H2,1H3. The van der Waals surface area contributed by atoms with Gasteiger partial charge in [0.1, 0.15) is 0 Å². The smallest absolute Gasteiger partial charge is 0.0967 e. The number of aromatic nitrogens is 2.